The van der Waals surface area contributed by atoms with Crippen molar-refractivity contribution in [1.29, 1.82) is 0 Å². The number of anilines is 1. The van der Waals surface area contributed by atoms with E-state index in [2.05, 4.69) is 17.1 Å². The zero-order valence-electron chi connectivity index (χ0n) is 12.9. The van der Waals surface area contributed by atoms with Crippen LogP contribution in [0.1, 0.15) is 12.8 Å². The third-order valence-electron chi connectivity index (χ3n) is 3.95. The molecule has 118 valence electrons. The second kappa shape index (κ2) is 6.27. The number of hydrogen-bond donors (Lipinski definition) is 1. The van der Waals surface area contributed by atoms with Crippen molar-refractivity contribution >= 4 is 5.88 Å². The van der Waals surface area contributed by atoms with Crippen LogP contribution in [-0.4, -0.2) is 43.4 Å². The van der Waals surface area contributed by atoms with Crippen molar-refractivity contribution in [2.24, 2.45) is 0 Å². The van der Waals surface area contributed by atoms with Crippen LogP contribution in [0.25, 0.3) is 11.1 Å². The Bertz CT molecular complexity index is 641. The lowest BCUT2D eigenvalue weighted by atomic mass is 10.1. The van der Waals surface area contributed by atoms with E-state index in [4.69, 9.17) is 19.7 Å². The monoisotopic (exact) mass is 303 g/mol. The summed E-state index contributed by atoms with van der Waals surface area (Å²) < 4.78 is 16.7. The molecule has 1 aliphatic heterocycles. The van der Waals surface area contributed by atoms with Crippen molar-refractivity contribution in [3.05, 3.63) is 24.4 Å². The van der Waals surface area contributed by atoms with Crippen LogP contribution in [0.4, 0.5) is 5.88 Å². The maximum Gasteiger partial charge on any atom is 0.230 e. The zero-order valence-corrected chi connectivity index (χ0v) is 12.9. The maximum absolute atomic E-state index is 6.17. The summed E-state index contributed by atoms with van der Waals surface area (Å²) >= 11 is 0. The van der Waals surface area contributed by atoms with Gasteiger partial charge in [0.15, 0.2) is 11.5 Å². The summed E-state index contributed by atoms with van der Waals surface area (Å²) in [5.41, 5.74) is 7.35. The Labute approximate surface area is 129 Å². The molecule has 0 aliphatic carbocycles. The normalized spacial score (nSPS) is 19.1. The van der Waals surface area contributed by atoms with Crippen molar-refractivity contribution in [3.63, 3.8) is 0 Å². The molecular formula is C16H21N3O3. The highest BCUT2D eigenvalue weighted by atomic mass is 16.5. The van der Waals surface area contributed by atoms with Gasteiger partial charge in [-0.1, -0.05) is 17.3 Å². The highest BCUT2D eigenvalue weighted by molar-refractivity contribution is 5.79. The van der Waals surface area contributed by atoms with Crippen LogP contribution in [-0.2, 0) is 0 Å². The van der Waals surface area contributed by atoms with Crippen molar-refractivity contribution in [2.75, 3.05) is 33.0 Å². The lowest BCUT2D eigenvalue weighted by molar-refractivity contribution is 0.101. The number of ether oxygens (including phenoxy) is 2. The number of benzene rings is 1. The van der Waals surface area contributed by atoms with Crippen molar-refractivity contribution in [3.8, 4) is 22.6 Å². The number of nitrogens with zero attached hydrogens (tertiary/aromatic N) is 2. The van der Waals surface area contributed by atoms with Gasteiger partial charge < -0.3 is 24.6 Å². The fourth-order valence-electron chi connectivity index (χ4n) is 2.88. The van der Waals surface area contributed by atoms with Gasteiger partial charge in [0.25, 0.3) is 0 Å². The van der Waals surface area contributed by atoms with Crippen LogP contribution < -0.4 is 15.2 Å². The summed E-state index contributed by atoms with van der Waals surface area (Å²) in [4.78, 5) is 2.28. The quantitative estimate of drug-likeness (QED) is 0.935. The Morgan fingerprint density at radius 1 is 1.36 bits per heavy atom. The number of nitrogen functional groups attached to an aromatic ring is 1. The molecule has 0 saturated carbocycles. The molecule has 0 bridgehead atoms. The number of likely N-dealkylation sites (N-methyl/N-ethyl adjacent to an activating group) is 1. The fourth-order valence-corrected chi connectivity index (χ4v) is 2.88. The predicted molar refractivity (Wildman–Crippen MR) is 84.1 cm³/mol. The largest absolute Gasteiger partial charge is 0.492 e. The van der Waals surface area contributed by atoms with E-state index in [0.29, 0.717) is 11.3 Å². The molecule has 2 heterocycles. The Hall–Kier alpha value is -2.21. The summed E-state index contributed by atoms with van der Waals surface area (Å²) in [6.07, 6.45) is 3.95. The van der Waals surface area contributed by atoms with E-state index in [9.17, 15) is 0 Å². The smallest absolute Gasteiger partial charge is 0.230 e. The SMILES string of the molecule is COc1c(OC2CCCN(C)C2)cccc1-c1cnoc1N. The molecule has 1 atom stereocenters. The van der Waals surface area contributed by atoms with Gasteiger partial charge in [0.1, 0.15) is 6.10 Å². The minimum atomic E-state index is 0.169. The highest BCUT2D eigenvalue weighted by Crippen LogP contribution is 2.40. The van der Waals surface area contributed by atoms with Crippen LogP contribution in [0, 0.1) is 0 Å². The summed E-state index contributed by atoms with van der Waals surface area (Å²) in [5, 5.41) is 3.73. The second-order valence-corrected chi connectivity index (χ2v) is 5.59. The molecule has 0 amide bonds. The van der Waals surface area contributed by atoms with Crippen LogP contribution in [0.3, 0.4) is 0 Å². The van der Waals surface area contributed by atoms with Gasteiger partial charge in [-0.3, -0.25) is 0 Å². The first-order valence-corrected chi connectivity index (χ1v) is 7.41. The standard InChI is InChI=1S/C16H21N3O3/c1-19-8-4-5-11(10-19)21-14-7-3-6-12(15(14)20-2)13-9-18-22-16(13)17/h3,6-7,9,11H,4-5,8,10,17H2,1-2H3. The maximum atomic E-state index is 6.17. The molecule has 0 radical (unpaired) electrons. The van der Waals surface area contributed by atoms with Gasteiger partial charge in [-0.2, -0.15) is 0 Å². The first-order chi connectivity index (χ1) is 10.7. The number of rotatable bonds is 4. The van der Waals surface area contributed by atoms with E-state index in [-0.39, 0.29) is 12.0 Å². The van der Waals surface area contributed by atoms with Crippen LogP contribution in [0.15, 0.2) is 28.9 Å². The number of aromatic nitrogens is 1. The van der Waals surface area contributed by atoms with Gasteiger partial charge in [-0.15, -0.1) is 0 Å². The first-order valence-electron chi connectivity index (χ1n) is 7.41. The molecule has 1 fully saturated rings. The first kappa shape index (κ1) is 14.7. The van der Waals surface area contributed by atoms with Gasteiger partial charge in [0.2, 0.25) is 5.88 Å². The van der Waals surface area contributed by atoms with Gasteiger partial charge in [-0.25, -0.2) is 0 Å². The van der Waals surface area contributed by atoms with E-state index in [1.165, 1.54) is 0 Å². The molecule has 6 nitrogen and oxygen atoms in total. The molecular weight excluding hydrogens is 282 g/mol. The molecule has 1 aromatic carbocycles. The zero-order chi connectivity index (χ0) is 15.5. The van der Waals surface area contributed by atoms with E-state index in [1.807, 2.05) is 18.2 Å². The average Bonchev–Trinajstić information content (AvgIpc) is 2.93. The van der Waals surface area contributed by atoms with E-state index in [0.717, 1.165) is 37.2 Å². The van der Waals surface area contributed by atoms with E-state index >= 15 is 0 Å². The molecule has 6 heteroatoms. The molecule has 2 aromatic rings. The summed E-state index contributed by atoms with van der Waals surface area (Å²) in [7, 11) is 3.74. The highest BCUT2D eigenvalue weighted by Gasteiger charge is 2.22. The van der Waals surface area contributed by atoms with Crippen molar-refractivity contribution < 1.29 is 14.0 Å². The van der Waals surface area contributed by atoms with Crippen LogP contribution in [0.5, 0.6) is 11.5 Å². The molecule has 1 aromatic heterocycles. The predicted octanol–water partition coefficient (Wildman–Crippen LogP) is 2.41. The minimum absolute atomic E-state index is 0.169. The summed E-state index contributed by atoms with van der Waals surface area (Å²) in [5.74, 6) is 1.65. The molecule has 3 rings (SSSR count). The fraction of sp³-hybridized carbons (Fsp3) is 0.438. The average molecular weight is 303 g/mol. The third kappa shape index (κ3) is 2.87. The van der Waals surface area contributed by atoms with Gasteiger partial charge in [0, 0.05) is 12.1 Å². The third-order valence-corrected chi connectivity index (χ3v) is 3.95. The number of likely N-dealkylation sites (tertiary alicyclic amines) is 1. The topological polar surface area (TPSA) is 73.8 Å². The van der Waals surface area contributed by atoms with Crippen LogP contribution in [0.2, 0.25) is 0 Å². The number of hydrogen-bond acceptors (Lipinski definition) is 6. The number of methoxy groups -OCH3 is 1. The Balaban J connectivity index is 1.90. The molecule has 0 spiro atoms. The van der Waals surface area contributed by atoms with Gasteiger partial charge >= 0.3 is 0 Å². The van der Waals surface area contributed by atoms with Crippen molar-refractivity contribution in [2.45, 2.75) is 18.9 Å². The lowest BCUT2D eigenvalue weighted by Crippen LogP contribution is -2.38. The van der Waals surface area contributed by atoms with Gasteiger partial charge in [0.05, 0.1) is 18.9 Å². The van der Waals surface area contributed by atoms with E-state index < -0.39 is 0 Å². The van der Waals surface area contributed by atoms with Crippen LogP contribution >= 0.6 is 0 Å². The van der Waals surface area contributed by atoms with Crippen molar-refractivity contribution in [1.82, 2.24) is 10.1 Å². The molecule has 1 aliphatic rings. The lowest BCUT2D eigenvalue weighted by Gasteiger charge is -2.30. The summed E-state index contributed by atoms with van der Waals surface area (Å²) in [6, 6.07) is 5.76. The Kier molecular flexibility index (Phi) is 4.20. The number of nitrogens with two attached hydrogens (primary N) is 1. The Morgan fingerprint density at radius 3 is 2.91 bits per heavy atom. The minimum Gasteiger partial charge on any atom is -0.492 e. The second-order valence-electron chi connectivity index (χ2n) is 5.59. The summed E-state index contributed by atoms with van der Waals surface area (Å²) in [6.45, 7) is 2.04. The molecule has 2 N–H and O–H groups in total. The van der Waals surface area contributed by atoms with Gasteiger partial charge in [-0.05, 0) is 32.5 Å². The number of piperidine rings is 1. The molecule has 22 heavy (non-hydrogen) atoms. The van der Waals surface area contributed by atoms with E-state index in [1.54, 1.807) is 13.3 Å². The number of para-hydroxylation sites is 1. The molecule has 1 unspecified atom stereocenters. The Morgan fingerprint density at radius 2 is 2.23 bits per heavy atom. The molecule has 1 saturated heterocycles.